The highest BCUT2D eigenvalue weighted by molar-refractivity contribution is 5.81. The average Bonchev–Trinajstić information content (AvgIpc) is 2.52. The van der Waals surface area contributed by atoms with Crippen molar-refractivity contribution in [3.8, 4) is 0 Å². The molecule has 0 heterocycles. The fourth-order valence-corrected chi connectivity index (χ4v) is 1.83. The van der Waals surface area contributed by atoms with E-state index in [0.717, 1.165) is 5.56 Å². The molecule has 0 bridgehead atoms. The molecule has 1 atom stereocenters. The van der Waals surface area contributed by atoms with Crippen LogP contribution in [-0.2, 0) is 16.0 Å². The zero-order chi connectivity index (χ0) is 21.7. The Labute approximate surface area is 164 Å². The Hall–Kier alpha value is -2.08. The molecule has 0 aliphatic rings. The third-order valence-corrected chi connectivity index (χ3v) is 2.76. The van der Waals surface area contributed by atoms with E-state index in [0.29, 0.717) is 12.8 Å². The molecule has 0 aliphatic carbocycles. The maximum absolute atomic E-state index is 11.6. The van der Waals surface area contributed by atoms with E-state index >= 15 is 0 Å². The zero-order valence-corrected chi connectivity index (χ0v) is 18.1. The predicted molar refractivity (Wildman–Crippen MR) is 110 cm³/mol. The first-order chi connectivity index (χ1) is 12.3. The third-order valence-electron chi connectivity index (χ3n) is 2.76. The summed E-state index contributed by atoms with van der Waals surface area (Å²) in [5.74, 6) is -0.298. The number of amides is 2. The summed E-state index contributed by atoms with van der Waals surface area (Å²) < 4.78 is 4.58. The summed E-state index contributed by atoms with van der Waals surface area (Å²) in [7, 11) is 0. The number of ether oxygens (including phenoxy) is 1. The van der Waals surface area contributed by atoms with Crippen LogP contribution in [0.15, 0.2) is 30.3 Å². The Morgan fingerprint density at radius 2 is 1.56 bits per heavy atom. The van der Waals surface area contributed by atoms with Gasteiger partial charge in [0, 0.05) is 5.54 Å². The van der Waals surface area contributed by atoms with E-state index in [4.69, 9.17) is 5.73 Å². The van der Waals surface area contributed by atoms with Crippen LogP contribution in [0.3, 0.4) is 0 Å². The first-order valence-electron chi connectivity index (χ1n) is 9.32. The molecule has 0 fully saturated rings. The van der Waals surface area contributed by atoms with E-state index in [9.17, 15) is 14.7 Å². The molecular weight excluding hydrogens is 344 g/mol. The van der Waals surface area contributed by atoms with Crippen molar-refractivity contribution < 1.29 is 19.4 Å². The number of rotatable bonds is 4. The fourth-order valence-electron chi connectivity index (χ4n) is 1.83. The minimum atomic E-state index is -0.936. The van der Waals surface area contributed by atoms with Crippen molar-refractivity contribution in [3.05, 3.63) is 35.9 Å². The summed E-state index contributed by atoms with van der Waals surface area (Å²) in [5, 5.41) is 12.5. The van der Waals surface area contributed by atoms with Gasteiger partial charge < -0.3 is 20.9 Å². The van der Waals surface area contributed by atoms with E-state index in [1.165, 1.54) is 0 Å². The maximum atomic E-state index is 11.6. The molecule has 0 saturated carbocycles. The first kappa shape index (κ1) is 27.1. The minimum absolute atomic E-state index is 0.298. The van der Waals surface area contributed by atoms with E-state index in [2.05, 4.69) is 10.1 Å². The predicted octanol–water partition coefficient (Wildman–Crippen LogP) is 3.80. The lowest BCUT2D eigenvalue weighted by Gasteiger charge is -2.22. The summed E-state index contributed by atoms with van der Waals surface area (Å²) >= 11 is 0. The monoisotopic (exact) mass is 382 g/mol. The quantitative estimate of drug-likeness (QED) is 0.737. The topological polar surface area (TPSA) is 102 Å². The number of hydrogen-bond donors (Lipinski definition) is 3. The van der Waals surface area contributed by atoms with Gasteiger partial charge in [0.2, 0.25) is 5.91 Å². The second-order valence-corrected chi connectivity index (χ2v) is 7.81. The summed E-state index contributed by atoms with van der Waals surface area (Å²) in [6, 6.07) is 9.85. The molecule has 0 radical (unpaired) electrons. The average molecular weight is 383 g/mol. The van der Waals surface area contributed by atoms with Crippen LogP contribution in [0.2, 0.25) is 0 Å². The zero-order valence-electron chi connectivity index (χ0n) is 18.1. The smallest absolute Gasteiger partial charge is 0.405 e. The summed E-state index contributed by atoms with van der Waals surface area (Å²) in [6.07, 6.45) is -0.502. The van der Waals surface area contributed by atoms with Gasteiger partial charge in [-0.2, -0.15) is 0 Å². The van der Waals surface area contributed by atoms with Gasteiger partial charge in [0.25, 0.3) is 0 Å². The number of carbonyl (C=O) groups excluding carboxylic acids is 2. The van der Waals surface area contributed by atoms with Crippen LogP contribution in [0.5, 0.6) is 0 Å². The number of hydrogen-bond acceptors (Lipinski definition) is 4. The number of aliphatic hydroxyl groups is 1. The van der Waals surface area contributed by atoms with Crippen LogP contribution in [-0.4, -0.2) is 34.4 Å². The Bertz CT molecular complexity index is 531. The second kappa shape index (κ2) is 13.1. The second-order valence-electron chi connectivity index (χ2n) is 7.81. The van der Waals surface area contributed by atoms with Gasteiger partial charge in [0.15, 0.2) is 0 Å². The van der Waals surface area contributed by atoms with Crippen molar-refractivity contribution >= 4 is 12.0 Å². The van der Waals surface area contributed by atoms with E-state index in [-0.39, 0.29) is 11.4 Å². The Morgan fingerprint density at radius 1 is 1.07 bits per heavy atom. The summed E-state index contributed by atoms with van der Waals surface area (Å²) in [4.78, 5) is 21.6. The number of benzene rings is 1. The first-order valence-corrected chi connectivity index (χ1v) is 9.32. The van der Waals surface area contributed by atoms with E-state index in [1.807, 2.05) is 65.0 Å². The number of carbonyl (C=O) groups is 2. The molecule has 0 aliphatic heterocycles. The Kier molecular flexibility index (Phi) is 13.2. The number of nitrogens with one attached hydrogen (secondary N) is 1. The molecule has 4 N–H and O–H groups in total. The standard InChI is InChI=1S/C14H21NO2.C5H11NO2.C2H6/c1-14(2,3)15-13(17)12(16)10-9-11-7-5-4-6-8-11;1-5(2,3)8-4(6)7;1-2/h4-8,12,16H,9-10H2,1-3H3,(H,15,17);1-3H3,(H2,6,7);1-2H3. The molecule has 2 amide bonds. The van der Waals surface area contributed by atoms with Crippen molar-refractivity contribution in [2.45, 2.75) is 85.5 Å². The van der Waals surface area contributed by atoms with Gasteiger partial charge >= 0.3 is 6.09 Å². The SMILES string of the molecule is CC.CC(C)(C)NC(=O)C(O)CCc1ccccc1.CC(C)(C)OC(N)=O. The van der Waals surface area contributed by atoms with Crippen molar-refractivity contribution in [2.24, 2.45) is 5.73 Å². The third kappa shape index (κ3) is 18.5. The van der Waals surface area contributed by atoms with Gasteiger partial charge in [-0.15, -0.1) is 0 Å². The Morgan fingerprint density at radius 3 is 1.89 bits per heavy atom. The molecule has 1 rings (SSSR count). The van der Waals surface area contributed by atoms with Crippen molar-refractivity contribution in [3.63, 3.8) is 0 Å². The number of aryl methyl sites for hydroxylation is 1. The van der Waals surface area contributed by atoms with Gasteiger partial charge in [0.1, 0.15) is 11.7 Å². The van der Waals surface area contributed by atoms with Crippen molar-refractivity contribution in [1.82, 2.24) is 5.32 Å². The van der Waals surface area contributed by atoms with Crippen LogP contribution in [0.4, 0.5) is 4.79 Å². The fraction of sp³-hybridized carbons (Fsp3) is 0.619. The number of nitrogens with two attached hydrogens (primary N) is 1. The van der Waals surface area contributed by atoms with Gasteiger partial charge in [-0.25, -0.2) is 4.79 Å². The van der Waals surface area contributed by atoms with Gasteiger partial charge in [-0.1, -0.05) is 44.2 Å². The molecule has 6 heteroatoms. The van der Waals surface area contributed by atoms with Crippen molar-refractivity contribution in [1.29, 1.82) is 0 Å². The molecule has 0 saturated heterocycles. The van der Waals surface area contributed by atoms with Crippen LogP contribution in [0.25, 0.3) is 0 Å². The molecule has 1 unspecified atom stereocenters. The lowest BCUT2D eigenvalue weighted by Crippen LogP contribution is -2.46. The van der Waals surface area contributed by atoms with Gasteiger partial charge in [-0.05, 0) is 59.9 Å². The lowest BCUT2D eigenvalue weighted by molar-refractivity contribution is -0.131. The highest BCUT2D eigenvalue weighted by Crippen LogP contribution is 2.07. The summed E-state index contributed by atoms with van der Waals surface area (Å²) in [5.41, 5.74) is 5.10. The highest BCUT2D eigenvalue weighted by Gasteiger charge is 2.20. The minimum Gasteiger partial charge on any atom is -0.444 e. The van der Waals surface area contributed by atoms with Crippen molar-refractivity contribution in [2.75, 3.05) is 0 Å². The summed E-state index contributed by atoms with van der Waals surface area (Å²) in [6.45, 7) is 15.0. The molecule has 0 spiro atoms. The lowest BCUT2D eigenvalue weighted by atomic mass is 10.0. The number of aliphatic hydroxyl groups excluding tert-OH is 1. The Balaban J connectivity index is 0. The highest BCUT2D eigenvalue weighted by atomic mass is 16.6. The molecule has 27 heavy (non-hydrogen) atoms. The van der Waals surface area contributed by atoms with Gasteiger partial charge in [-0.3, -0.25) is 4.79 Å². The van der Waals surface area contributed by atoms with E-state index in [1.54, 1.807) is 20.8 Å². The normalized spacial score (nSPS) is 11.7. The molecule has 1 aromatic carbocycles. The van der Waals surface area contributed by atoms with Crippen LogP contribution in [0, 0.1) is 0 Å². The largest absolute Gasteiger partial charge is 0.444 e. The molecule has 6 nitrogen and oxygen atoms in total. The van der Waals surface area contributed by atoms with E-state index < -0.39 is 17.8 Å². The van der Waals surface area contributed by atoms with Crippen LogP contribution in [0.1, 0.15) is 67.4 Å². The van der Waals surface area contributed by atoms with Gasteiger partial charge in [0.05, 0.1) is 0 Å². The van der Waals surface area contributed by atoms with Crippen LogP contribution >= 0.6 is 0 Å². The molecule has 1 aromatic rings. The molecular formula is C21H38N2O4. The number of primary amides is 1. The molecule has 0 aromatic heterocycles. The molecule has 156 valence electrons. The van der Waals surface area contributed by atoms with Crippen LogP contribution < -0.4 is 11.1 Å². The maximum Gasteiger partial charge on any atom is 0.405 e.